The smallest absolute Gasteiger partial charge is 0.118 e. The average molecular weight is 217 g/mol. The van der Waals surface area contributed by atoms with Crippen LogP contribution in [0.1, 0.15) is 37.2 Å². The molecule has 2 aliphatic rings. The van der Waals surface area contributed by atoms with Gasteiger partial charge in [-0.3, -0.25) is 0 Å². The third-order valence-corrected chi connectivity index (χ3v) is 4.13. The van der Waals surface area contributed by atoms with Gasteiger partial charge in [0.2, 0.25) is 0 Å². The number of hydrogen-bond donors (Lipinski definition) is 1. The molecular weight excluding hydrogens is 198 g/mol. The molecule has 0 aromatic heterocycles. The highest BCUT2D eigenvalue weighted by molar-refractivity contribution is 5.31. The number of piperidine rings is 1. The number of benzene rings is 1. The molecule has 2 bridgehead atoms. The summed E-state index contributed by atoms with van der Waals surface area (Å²) in [6.07, 6.45) is 5.40. The van der Waals surface area contributed by atoms with Crippen LogP contribution in [0.25, 0.3) is 0 Å². The number of nitrogens with one attached hydrogen (secondary N) is 1. The zero-order valence-electron chi connectivity index (χ0n) is 9.78. The van der Waals surface area contributed by atoms with Crippen molar-refractivity contribution in [1.29, 1.82) is 0 Å². The Morgan fingerprint density at radius 1 is 1.06 bits per heavy atom. The molecule has 3 unspecified atom stereocenters. The second-order valence-electron chi connectivity index (χ2n) is 5.00. The van der Waals surface area contributed by atoms with Crippen molar-refractivity contribution in [2.75, 3.05) is 7.11 Å². The van der Waals surface area contributed by atoms with E-state index in [9.17, 15) is 0 Å². The lowest BCUT2D eigenvalue weighted by Gasteiger charge is -2.30. The summed E-state index contributed by atoms with van der Waals surface area (Å²) < 4.78 is 5.20. The van der Waals surface area contributed by atoms with Crippen molar-refractivity contribution in [2.24, 2.45) is 0 Å². The maximum atomic E-state index is 5.20. The van der Waals surface area contributed by atoms with E-state index in [1.165, 1.54) is 31.2 Å². The first-order valence-electron chi connectivity index (χ1n) is 6.27. The van der Waals surface area contributed by atoms with Crippen LogP contribution in [0.15, 0.2) is 24.3 Å². The lowest BCUT2D eigenvalue weighted by molar-refractivity contribution is 0.358. The molecule has 2 heterocycles. The molecule has 0 amide bonds. The fraction of sp³-hybridized carbons (Fsp3) is 0.571. The zero-order chi connectivity index (χ0) is 11.0. The molecular formula is C14H19NO. The summed E-state index contributed by atoms with van der Waals surface area (Å²) in [6.45, 7) is 0. The van der Waals surface area contributed by atoms with Gasteiger partial charge in [-0.1, -0.05) is 12.1 Å². The largest absolute Gasteiger partial charge is 0.497 e. The Balaban J connectivity index is 1.80. The molecule has 2 aliphatic heterocycles. The molecule has 1 aromatic rings. The van der Waals surface area contributed by atoms with E-state index in [-0.39, 0.29) is 0 Å². The highest BCUT2D eigenvalue weighted by atomic mass is 16.5. The summed E-state index contributed by atoms with van der Waals surface area (Å²) in [5, 5.41) is 3.74. The van der Waals surface area contributed by atoms with E-state index in [0.29, 0.717) is 12.0 Å². The third-order valence-electron chi connectivity index (χ3n) is 4.13. The minimum Gasteiger partial charge on any atom is -0.497 e. The SMILES string of the molecule is COc1ccc(C2CCC3CCC2N3)cc1. The Labute approximate surface area is 97.0 Å². The van der Waals surface area contributed by atoms with Crippen molar-refractivity contribution in [3.05, 3.63) is 29.8 Å². The molecule has 0 spiro atoms. The average Bonchev–Trinajstić information content (AvgIpc) is 2.72. The van der Waals surface area contributed by atoms with Crippen LogP contribution in [0.3, 0.4) is 0 Å². The van der Waals surface area contributed by atoms with Crippen molar-refractivity contribution < 1.29 is 4.74 Å². The molecule has 1 aromatic carbocycles. The predicted octanol–water partition coefficient (Wildman–Crippen LogP) is 2.69. The first-order chi connectivity index (χ1) is 7.86. The monoisotopic (exact) mass is 217 g/mol. The van der Waals surface area contributed by atoms with Crippen molar-refractivity contribution in [2.45, 2.75) is 43.7 Å². The van der Waals surface area contributed by atoms with Crippen LogP contribution >= 0.6 is 0 Å². The highest BCUT2D eigenvalue weighted by Gasteiger charge is 2.35. The van der Waals surface area contributed by atoms with E-state index >= 15 is 0 Å². The molecule has 2 saturated heterocycles. The Bertz CT molecular complexity index is 360. The Hall–Kier alpha value is -1.02. The van der Waals surface area contributed by atoms with Gasteiger partial charge in [-0.15, -0.1) is 0 Å². The van der Waals surface area contributed by atoms with E-state index in [4.69, 9.17) is 4.74 Å². The summed E-state index contributed by atoms with van der Waals surface area (Å²) >= 11 is 0. The lowest BCUT2D eigenvalue weighted by atomic mass is 9.86. The molecule has 1 N–H and O–H groups in total. The molecule has 2 nitrogen and oxygen atoms in total. The second kappa shape index (κ2) is 4.10. The predicted molar refractivity (Wildman–Crippen MR) is 64.9 cm³/mol. The van der Waals surface area contributed by atoms with Gasteiger partial charge in [-0.25, -0.2) is 0 Å². The van der Waals surface area contributed by atoms with Gasteiger partial charge in [0.1, 0.15) is 5.75 Å². The van der Waals surface area contributed by atoms with E-state index in [0.717, 1.165) is 11.8 Å². The minimum atomic E-state index is 0.713. The Kier molecular flexibility index (Phi) is 2.60. The molecule has 3 atom stereocenters. The number of methoxy groups -OCH3 is 1. The highest BCUT2D eigenvalue weighted by Crippen LogP contribution is 2.37. The van der Waals surface area contributed by atoms with Gasteiger partial charge in [0.15, 0.2) is 0 Å². The number of fused-ring (bicyclic) bond motifs is 2. The first-order valence-corrected chi connectivity index (χ1v) is 6.27. The zero-order valence-corrected chi connectivity index (χ0v) is 9.78. The van der Waals surface area contributed by atoms with E-state index in [1.54, 1.807) is 7.11 Å². The van der Waals surface area contributed by atoms with E-state index in [2.05, 4.69) is 29.6 Å². The number of hydrogen-bond acceptors (Lipinski definition) is 2. The van der Waals surface area contributed by atoms with Crippen molar-refractivity contribution >= 4 is 0 Å². The maximum Gasteiger partial charge on any atom is 0.118 e. The first kappa shape index (κ1) is 10.2. The van der Waals surface area contributed by atoms with Crippen LogP contribution in [0.5, 0.6) is 5.75 Å². The van der Waals surface area contributed by atoms with E-state index < -0.39 is 0 Å². The number of ether oxygens (including phenoxy) is 1. The molecule has 2 heteroatoms. The molecule has 86 valence electrons. The van der Waals surface area contributed by atoms with Gasteiger partial charge >= 0.3 is 0 Å². The van der Waals surface area contributed by atoms with Gasteiger partial charge < -0.3 is 10.1 Å². The van der Waals surface area contributed by atoms with Crippen LogP contribution in [-0.4, -0.2) is 19.2 Å². The van der Waals surface area contributed by atoms with E-state index in [1.807, 2.05) is 0 Å². The standard InChI is InChI=1S/C14H19NO/c1-16-12-6-2-10(3-7-12)13-8-4-11-5-9-14(13)15-11/h2-3,6-7,11,13-15H,4-5,8-9H2,1H3. The third kappa shape index (κ3) is 1.71. The summed E-state index contributed by atoms with van der Waals surface area (Å²) in [5.74, 6) is 1.67. The van der Waals surface area contributed by atoms with Crippen LogP contribution in [0, 0.1) is 0 Å². The van der Waals surface area contributed by atoms with Crippen molar-refractivity contribution in [3.63, 3.8) is 0 Å². The molecule has 0 radical (unpaired) electrons. The van der Waals surface area contributed by atoms with Gasteiger partial charge in [0, 0.05) is 12.1 Å². The normalized spacial score (nSPS) is 32.7. The summed E-state index contributed by atoms with van der Waals surface area (Å²) in [5.41, 5.74) is 1.47. The van der Waals surface area contributed by atoms with Gasteiger partial charge in [0.05, 0.1) is 7.11 Å². The van der Waals surface area contributed by atoms with Crippen LogP contribution in [0.2, 0.25) is 0 Å². The number of rotatable bonds is 2. The Morgan fingerprint density at radius 3 is 2.56 bits per heavy atom. The minimum absolute atomic E-state index is 0.713. The van der Waals surface area contributed by atoms with Crippen molar-refractivity contribution in [3.8, 4) is 5.75 Å². The molecule has 2 fully saturated rings. The fourth-order valence-electron chi connectivity index (χ4n) is 3.23. The summed E-state index contributed by atoms with van der Waals surface area (Å²) in [4.78, 5) is 0. The van der Waals surface area contributed by atoms with Crippen LogP contribution < -0.4 is 10.1 Å². The molecule has 16 heavy (non-hydrogen) atoms. The molecule has 3 rings (SSSR count). The van der Waals surface area contributed by atoms with Gasteiger partial charge in [-0.2, -0.15) is 0 Å². The van der Waals surface area contributed by atoms with Gasteiger partial charge in [0.25, 0.3) is 0 Å². The quantitative estimate of drug-likeness (QED) is 0.822. The second-order valence-corrected chi connectivity index (χ2v) is 5.00. The molecule has 0 aliphatic carbocycles. The topological polar surface area (TPSA) is 21.3 Å². The fourth-order valence-corrected chi connectivity index (χ4v) is 3.23. The van der Waals surface area contributed by atoms with Crippen LogP contribution in [0.4, 0.5) is 0 Å². The van der Waals surface area contributed by atoms with Gasteiger partial charge in [-0.05, 0) is 49.3 Å². The van der Waals surface area contributed by atoms with Crippen molar-refractivity contribution in [1.82, 2.24) is 5.32 Å². The summed E-state index contributed by atoms with van der Waals surface area (Å²) in [6, 6.07) is 10.1. The maximum absolute atomic E-state index is 5.20. The Morgan fingerprint density at radius 2 is 1.81 bits per heavy atom. The lowest BCUT2D eigenvalue weighted by Crippen LogP contribution is -2.38. The van der Waals surface area contributed by atoms with Crippen LogP contribution in [-0.2, 0) is 0 Å². The molecule has 0 saturated carbocycles. The summed E-state index contributed by atoms with van der Waals surface area (Å²) in [7, 11) is 1.72.